The van der Waals surface area contributed by atoms with Crippen molar-refractivity contribution in [2.75, 3.05) is 6.54 Å². The fraction of sp³-hybridized carbons (Fsp3) is 0.312. The Morgan fingerprint density at radius 1 is 1.24 bits per heavy atom. The molecule has 1 aliphatic heterocycles. The van der Waals surface area contributed by atoms with Crippen molar-refractivity contribution in [3.05, 3.63) is 41.3 Å². The fourth-order valence-electron chi connectivity index (χ4n) is 2.66. The van der Waals surface area contributed by atoms with Gasteiger partial charge in [0.2, 0.25) is 5.91 Å². The first-order chi connectivity index (χ1) is 10.0. The molecule has 0 aliphatic carbocycles. The van der Waals surface area contributed by atoms with Crippen molar-refractivity contribution >= 4 is 5.91 Å². The van der Waals surface area contributed by atoms with E-state index in [-0.39, 0.29) is 11.7 Å². The van der Waals surface area contributed by atoms with E-state index in [0.717, 1.165) is 34.8 Å². The molecule has 0 atom stereocenters. The normalized spacial score (nSPS) is 13.9. The van der Waals surface area contributed by atoms with Gasteiger partial charge < -0.3 is 10.0 Å². The summed E-state index contributed by atoms with van der Waals surface area (Å²) in [6, 6.07) is 6.96. The van der Waals surface area contributed by atoms with Crippen LogP contribution in [-0.2, 0) is 17.8 Å². The molecule has 2 aromatic rings. The van der Waals surface area contributed by atoms with Crippen LogP contribution < -0.4 is 0 Å². The molecule has 0 spiro atoms. The van der Waals surface area contributed by atoms with E-state index in [1.807, 2.05) is 24.0 Å². The molecule has 0 bridgehead atoms. The van der Waals surface area contributed by atoms with E-state index in [1.54, 1.807) is 19.1 Å². The number of rotatable bonds is 1. The summed E-state index contributed by atoms with van der Waals surface area (Å²) in [5, 5.41) is 9.43. The van der Waals surface area contributed by atoms with Gasteiger partial charge in [-0.1, -0.05) is 0 Å². The summed E-state index contributed by atoms with van der Waals surface area (Å²) < 4.78 is 0. The molecule has 2 heterocycles. The first-order valence-corrected chi connectivity index (χ1v) is 6.96. The summed E-state index contributed by atoms with van der Waals surface area (Å²) >= 11 is 0. The molecule has 108 valence electrons. The van der Waals surface area contributed by atoms with Crippen LogP contribution in [0.4, 0.5) is 0 Å². The van der Waals surface area contributed by atoms with Crippen LogP contribution in [0.2, 0.25) is 0 Å². The molecule has 0 unspecified atom stereocenters. The number of phenolic OH excluding ortho intramolecular Hbond substituents is 1. The third kappa shape index (κ3) is 2.59. The summed E-state index contributed by atoms with van der Waals surface area (Å²) in [7, 11) is 0. The molecule has 21 heavy (non-hydrogen) atoms. The number of carbonyl (C=O) groups is 1. The maximum Gasteiger partial charge on any atom is 0.219 e. The van der Waals surface area contributed by atoms with Gasteiger partial charge in [-0.25, -0.2) is 9.97 Å². The van der Waals surface area contributed by atoms with Crippen LogP contribution in [0, 0.1) is 6.92 Å². The molecular weight excluding hydrogens is 266 g/mol. The number of hydrogen-bond donors (Lipinski definition) is 1. The summed E-state index contributed by atoms with van der Waals surface area (Å²) in [5.74, 6) is 1.02. The van der Waals surface area contributed by atoms with Crippen LogP contribution >= 0.6 is 0 Å². The number of aromatic hydroxyl groups is 1. The third-order valence-electron chi connectivity index (χ3n) is 3.76. The van der Waals surface area contributed by atoms with Crippen molar-refractivity contribution in [2.45, 2.75) is 26.8 Å². The van der Waals surface area contributed by atoms with Gasteiger partial charge in [0.25, 0.3) is 0 Å². The maximum absolute atomic E-state index is 11.6. The first kappa shape index (κ1) is 13.5. The lowest BCUT2D eigenvalue weighted by Crippen LogP contribution is -2.35. The number of aromatic nitrogens is 2. The highest BCUT2D eigenvalue weighted by atomic mass is 16.3. The summed E-state index contributed by atoms with van der Waals surface area (Å²) in [6.45, 7) is 4.71. The van der Waals surface area contributed by atoms with Crippen LogP contribution in [0.3, 0.4) is 0 Å². The molecule has 1 aromatic heterocycles. The topological polar surface area (TPSA) is 66.3 Å². The average Bonchev–Trinajstić information content (AvgIpc) is 2.46. The van der Waals surface area contributed by atoms with Gasteiger partial charge in [0.1, 0.15) is 11.6 Å². The number of amides is 1. The van der Waals surface area contributed by atoms with E-state index < -0.39 is 0 Å². The van der Waals surface area contributed by atoms with Crippen molar-refractivity contribution in [3.8, 4) is 17.0 Å². The molecular formula is C16H17N3O2. The van der Waals surface area contributed by atoms with Crippen LogP contribution in [0.5, 0.6) is 5.75 Å². The number of fused-ring (bicyclic) bond motifs is 1. The second-order valence-corrected chi connectivity index (χ2v) is 5.28. The predicted octanol–water partition coefficient (Wildman–Crippen LogP) is 2.06. The van der Waals surface area contributed by atoms with E-state index in [1.165, 1.54) is 0 Å². The highest BCUT2D eigenvalue weighted by molar-refractivity contribution is 5.74. The Bertz CT molecular complexity index is 695. The Labute approximate surface area is 123 Å². The Hall–Kier alpha value is -2.43. The van der Waals surface area contributed by atoms with Gasteiger partial charge in [0, 0.05) is 37.6 Å². The maximum atomic E-state index is 11.6. The number of aryl methyl sites for hydroxylation is 1. The smallest absolute Gasteiger partial charge is 0.219 e. The van der Waals surface area contributed by atoms with E-state index >= 15 is 0 Å². The van der Waals surface area contributed by atoms with Crippen LogP contribution in [0.15, 0.2) is 24.3 Å². The average molecular weight is 283 g/mol. The predicted molar refractivity (Wildman–Crippen MR) is 78.7 cm³/mol. The Morgan fingerprint density at radius 2 is 1.95 bits per heavy atom. The van der Waals surface area contributed by atoms with E-state index in [2.05, 4.69) is 9.97 Å². The third-order valence-corrected chi connectivity index (χ3v) is 3.76. The number of hydrogen-bond acceptors (Lipinski definition) is 4. The molecule has 5 nitrogen and oxygen atoms in total. The zero-order valence-electron chi connectivity index (χ0n) is 12.1. The van der Waals surface area contributed by atoms with E-state index in [0.29, 0.717) is 13.1 Å². The van der Waals surface area contributed by atoms with Crippen molar-refractivity contribution in [3.63, 3.8) is 0 Å². The molecule has 5 heteroatoms. The summed E-state index contributed by atoms with van der Waals surface area (Å²) in [5.41, 5.74) is 3.80. The Morgan fingerprint density at radius 3 is 2.62 bits per heavy atom. The molecule has 0 fully saturated rings. The van der Waals surface area contributed by atoms with Gasteiger partial charge in [0.05, 0.1) is 11.4 Å². The Balaban J connectivity index is 2.10. The van der Waals surface area contributed by atoms with Gasteiger partial charge in [-0.2, -0.15) is 0 Å². The second-order valence-electron chi connectivity index (χ2n) is 5.28. The van der Waals surface area contributed by atoms with E-state index in [9.17, 15) is 9.90 Å². The lowest BCUT2D eigenvalue weighted by Gasteiger charge is -2.28. The molecule has 0 saturated heterocycles. The van der Waals surface area contributed by atoms with Crippen LogP contribution in [0.25, 0.3) is 11.3 Å². The zero-order valence-corrected chi connectivity index (χ0v) is 12.1. The number of carbonyl (C=O) groups excluding carboxylic acids is 1. The SMILES string of the molecule is CC(=O)N1CCc2nc(C)nc(-c3ccc(O)cc3)c2C1. The number of nitrogens with zero attached hydrogens (tertiary/aromatic N) is 3. The molecule has 1 aromatic carbocycles. The van der Waals surface area contributed by atoms with Crippen molar-refractivity contribution in [1.82, 2.24) is 14.9 Å². The minimum atomic E-state index is 0.0675. The lowest BCUT2D eigenvalue weighted by atomic mass is 9.99. The van der Waals surface area contributed by atoms with Crippen molar-refractivity contribution < 1.29 is 9.90 Å². The van der Waals surface area contributed by atoms with Crippen LogP contribution in [-0.4, -0.2) is 32.4 Å². The molecule has 0 saturated carbocycles. The minimum Gasteiger partial charge on any atom is -0.508 e. The largest absolute Gasteiger partial charge is 0.508 e. The van der Waals surface area contributed by atoms with Gasteiger partial charge in [-0.15, -0.1) is 0 Å². The molecule has 1 aliphatic rings. The quantitative estimate of drug-likeness (QED) is 0.870. The minimum absolute atomic E-state index is 0.0675. The standard InChI is InChI=1S/C16H17N3O2/c1-10-17-15-7-8-19(11(2)20)9-14(15)16(18-10)12-3-5-13(21)6-4-12/h3-6,21H,7-9H2,1-2H3. The van der Waals surface area contributed by atoms with Crippen LogP contribution in [0.1, 0.15) is 24.0 Å². The zero-order chi connectivity index (χ0) is 15.0. The highest BCUT2D eigenvalue weighted by Gasteiger charge is 2.23. The van der Waals surface area contributed by atoms with Gasteiger partial charge in [0.15, 0.2) is 0 Å². The van der Waals surface area contributed by atoms with Crippen molar-refractivity contribution in [2.24, 2.45) is 0 Å². The van der Waals surface area contributed by atoms with Gasteiger partial charge >= 0.3 is 0 Å². The van der Waals surface area contributed by atoms with Gasteiger partial charge in [-0.3, -0.25) is 4.79 Å². The Kier molecular flexibility index (Phi) is 3.33. The van der Waals surface area contributed by atoms with Crippen molar-refractivity contribution in [1.29, 1.82) is 0 Å². The molecule has 1 amide bonds. The summed E-state index contributed by atoms with van der Waals surface area (Å²) in [6.07, 6.45) is 0.753. The molecule has 3 rings (SSSR count). The molecule has 1 N–H and O–H groups in total. The molecule has 0 radical (unpaired) electrons. The number of benzene rings is 1. The van der Waals surface area contributed by atoms with Gasteiger partial charge in [-0.05, 0) is 31.2 Å². The fourth-order valence-corrected chi connectivity index (χ4v) is 2.66. The summed E-state index contributed by atoms with van der Waals surface area (Å²) in [4.78, 5) is 22.5. The number of phenols is 1. The monoisotopic (exact) mass is 283 g/mol. The van der Waals surface area contributed by atoms with E-state index in [4.69, 9.17) is 0 Å². The lowest BCUT2D eigenvalue weighted by molar-refractivity contribution is -0.129. The highest BCUT2D eigenvalue weighted by Crippen LogP contribution is 2.29. The first-order valence-electron chi connectivity index (χ1n) is 6.96. The second kappa shape index (κ2) is 5.16.